The van der Waals surface area contributed by atoms with Gasteiger partial charge in [-0.3, -0.25) is 0 Å². The summed E-state index contributed by atoms with van der Waals surface area (Å²) >= 11 is 2.08. The van der Waals surface area contributed by atoms with Gasteiger partial charge < -0.3 is 9.84 Å². The van der Waals surface area contributed by atoms with Gasteiger partial charge in [-0.25, -0.2) is 4.79 Å². The van der Waals surface area contributed by atoms with E-state index in [-0.39, 0.29) is 5.56 Å². The standard InChI is InChI=1S/C11H13IO3/c1-7(2)6-15-10-4-3-8(11(13)14)5-9(10)12/h3-5,7H,6H2,1-2H3,(H,13,14). The average Bonchev–Trinajstić information content (AvgIpc) is 2.15. The van der Waals surface area contributed by atoms with Crippen molar-refractivity contribution in [2.24, 2.45) is 5.92 Å². The number of hydrogen-bond donors (Lipinski definition) is 1. The predicted molar refractivity (Wildman–Crippen MR) is 66.5 cm³/mol. The smallest absolute Gasteiger partial charge is 0.335 e. The van der Waals surface area contributed by atoms with E-state index in [0.29, 0.717) is 12.5 Å². The van der Waals surface area contributed by atoms with Crippen LogP contribution in [0.5, 0.6) is 5.75 Å². The lowest BCUT2D eigenvalue weighted by molar-refractivity contribution is 0.0696. The molecule has 82 valence electrons. The van der Waals surface area contributed by atoms with Crippen LogP contribution in [0.1, 0.15) is 24.2 Å². The molecule has 0 amide bonds. The monoisotopic (exact) mass is 320 g/mol. The van der Waals surface area contributed by atoms with Gasteiger partial charge in [0, 0.05) is 0 Å². The summed E-state index contributed by atoms with van der Waals surface area (Å²) in [6.45, 7) is 4.78. The van der Waals surface area contributed by atoms with Gasteiger partial charge in [0.2, 0.25) is 0 Å². The van der Waals surface area contributed by atoms with Gasteiger partial charge in [0.15, 0.2) is 0 Å². The molecule has 0 radical (unpaired) electrons. The Hall–Kier alpha value is -0.780. The Labute approximate surface area is 103 Å². The lowest BCUT2D eigenvalue weighted by atomic mass is 10.2. The van der Waals surface area contributed by atoms with E-state index in [1.54, 1.807) is 18.2 Å². The van der Waals surface area contributed by atoms with Crippen LogP contribution in [0.15, 0.2) is 18.2 Å². The van der Waals surface area contributed by atoms with Crippen molar-refractivity contribution in [1.82, 2.24) is 0 Å². The van der Waals surface area contributed by atoms with Gasteiger partial charge in [0.05, 0.1) is 15.7 Å². The van der Waals surface area contributed by atoms with Crippen molar-refractivity contribution in [3.63, 3.8) is 0 Å². The zero-order valence-corrected chi connectivity index (χ0v) is 10.8. The van der Waals surface area contributed by atoms with E-state index in [1.807, 2.05) is 0 Å². The molecule has 0 fully saturated rings. The summed E-state index contributed by atoms with van der Waals surface area (Å²) in [7, 11) is 0. The van der Waals surface area contributed by atoms with Crippen LogP contribution in [0.4, 0.5) is 0 Å². The van der Waals surface area contributed by atoms with Crippen molar-refractivity contribution in [2.75, 3.05) is 6.61 Å². The van der Waals surface area contributed by atoms with Crippen LogP contribution < -0.4 is 4.74 Å². The van der Waals surface area contributed by atoms with E-state index in [0.717, 1.165) is 9.32 Å². The molecular formula is C11H13IO3. The van der Waals surface area contributed by atoms with Crippen molar-refractivity contribution >= 4 is 28.6 Å². The summed E-state index contributed by atoms with van der Waals surface area (Å²) in [4.78, 5) is 10.7. The molecule has 0 spiro atoms. The van der Waals surface area contributed by atoms with E-state index in [1.165, 1.54) is 0 Å². The van der Waals surface area contributed by atoms with Gasteiger partial charge in [-0.2, -0.15) is 0 Å². The number of hydrogen-bond acceptors (Lipinski definition) is 2. The minimum atomic E-state index is -0.914. The van der Waals surface area contributed by atoms with Crippen molar-refractivity contribution in [3.05, 3.63) is 27.3 Å². The summed E-state index contributed by atoms with van der Waals surface area (Å²) in [5.74, 6) is 0.289. The fourth-order valence-corrected chi connectivity index (χ4v) is 1.68. The maximum Gasteiger partial charge on any atom is 0.335 e. The summed E-state index contributed by atoms with van der Waals surface area (Å²) in [5.41, 5.74) is 0.288. The van der Waals surface area contributed by atoms with Gasteiger partial charge in [-0.1, -0.05) is 13.8 Å². The molecule has 3 nitrogen and oxygen atoms in total. The van der Waals surface area contributed by atoms with Gasteiger partial charge in [0.25, 0.3) is 0 Å². The molecule has 0 aliphatic carbocycles. The average molecular weight is 320 g/mol. The Morgan fingerprint density at radius 3 is 2.67 bits per heavy atom. The maximum absolute atomic E-state index is 10.7. The maximum atomic E-state index is 10.7. The Morgan fingerprint density at radius 2 is 2.20 bits per heavy atom. The summed E-state index contributed by atoms with van der Waals surface area (Å²) in [6.07, 6.45) is 0. The number of rotatable bonds is 4. The summed E-state index contributed by atoms with van der Waals surface area (Å²) < 4.78 is 6.36. The number of ether oxygens (including phenoxy) is 1. The third-order valence-corrected chi connectivity index (χ3v) is 2.59. The quantitative estimate of drug-likeness (QED) is 0.868. The second-order valence-electron chi connectivity index (χ2n) is 3.66. The normalized spacial score (nSPS) is 10.4. The van der Waals surface area contributed by atoms with Crippen LogP contribution in [0.25, 0.3) is 0 Å². The molecule has 1 aromatic carbocycles. The molecular weight excluding hydrogens is 307 g/mol. The Bertz CT molecular complexity index is 361. The first-order valence-electron chi connectivity index (χ1n) is 4.66. The molecule has 1 N–H and O–H groups in total. The third-order valence-electron chi connectivity index (χ3n) is 1.75. The van der Waals surface area contributed by atoms with Gasteiger partial charge in [-0.15, -0.1) is 0 Å². The zero-order chi connectivity index (χ0) is 11.4. The third kappa shape index (κ3) is 3.70. The van der Waals surface area contributed by atoms with Crippen LogP contribution >= 0.6 is 22.6 Å². The second kappa shape index (κ2) is 5.34. The summed E-state index contributed by atoms with van der Waals surface area (Å²) in [5, 5.41) is 8.77. The van der Waals surface area contributed by atoms with Crippen LogP contribution in [-0.2, 0) is 0 Å². The molecule has 0 bridgehead atoms. The first-order chi connectivity index (χ1) is 7.00. The highest BCUT2D eigenvalue weighted by atomic mass is 127. The number of carboxylic acid groups (broad SMARTS) is 1. The minimum absolute atomic E-state index is 0.288. The van der Waals surface area contributed by atoms with Crippen LogP contribution in [-0.4, -0.2) is 17.7 Å². The Kier molecular flexibility index (Phi) is 4.38. The van der Waals surface area contributed by atoms with Gasteiger partial charge in [0.1, 0.15) is 5.75 Å². The van der Waals surface area contributed by atoms with Crippen molar-refractivity contribution in [1.29, 1.82) is 0 Å². The van der Waals surface area contributed by atoms with Crippen molar-refractivity contribution in [3.8, 4) is 5.75 Å². The van der Waals surface area contributed by atoms with E-state index in [9.17, 15) is 4.79 Å². The highest BCUT2D eigenvalue weighted by Gasteiger charge is 2.07. The lowest BCUT2D eigenvalue weighted by Gasteiger charge is -2.10. The molecule has 0 unspecified atom stereocenters. The van der Waals surface area contributed by atoms with Crippen LogP contribution in [0, 0.1) is 9.49 Å². The number of carbonyl (C=O) groups is 1. The minimum Gasteiger partial charge on any atom is -0.492 e. The van der Waals surface area contributed by atoms with E-state index >= 15 is 0 Å². The molecule has 0 aliphatic rings. The lowest BCUT2D eigenvalue weighted by Crippen LogP contribution is -2.06. The molecule has 0 atom stereocenters. The van der Waals surface area contributed by atoms with Gasteiger partial charge >= 0.3 is 5.97 Å². The first-order valence-corrected chi connectivity index (χ1v) is 5.74. The summed E-state index contributed by atoms with van der Waals surface area (Å²) in [6, 6.07) is 4.87. The topological polar surface area (TPSA) is 46.5 Å². The fraction of sp³-hybridized carbons (Fsp3) is 0.364. The molecule has 0 aliphatic heterocycles. The van der Waals surface area contributed by atoms with E-state index in [4.69, 9.17) is 9.84 Å². The van der Waals surface area contributed by atoms with Crippen LogP contribution in [0.2, 0.25) is 0 Å². The highest BCUT2D eigenvalue weighted by Crippen LogP contribution is 2.22. The largest absolute Gasteiger partial charge is 0.492 e. The Morgan fingerprint density at radius 1 is 1.53 bits per heavy atom. The van der Waals surface area contributed by atoms with Crippen molar-refractivity contribution < 1.29 is 14.6 Å². The zero-order valence-electron chi connectivity index (χ0n) is 8.66. The highest BCUT2D eigenvalue weighted by molar-refractivity contribution is 14.1. The van der Waals surface area contributed by atoms with E-state index in [2.05, 4.69) is 36.4 Å². The molecule has 0 aromatic heterocycles. The molecule has 1 rings (SSSR count). The van der Waals surface area contributed by atoms with Crippen LogP contribution in [0.3, 0.4) is 0 Å². The number of benzene rings is 1. The number of carboxylic acids is 1. The molecule has 0 saturated carbocycles. The molecule has 0 saturated heterocycles. The molecule has 1 aromatic rings. The number of halogens is 1. The second-order valence-corrected chi connectivity index (χ2v) is 4.82. The number of aromatic carboxylic acids is 1. The predicted octanol–water partition coefficient (Wildman–Crippen LogP) is 3.02. The van der Waals surface area contributed by atoms with Gasteiger partial charge in [-0.05, 0) is 46.7 Å². The SMILES string of the molecule is CC(C)COc1ccc(C(=O)O)cc1I. The first kappa shape index (κ1) is 12.3. The molecule has 0 heterocycles. The molecule has 15 heavy (non-hydrogen) atoms. The fourth-order valence-electron chi connectivity index (χ4n) is 1.01. The van der Waals surface area contributed by atoms with Crippen molar-refractivity contribution in [2.45, 2.75) is 13.8 Å². The van der Waals surface area contributed by atoms with E-state index < -0.39 is 5.97 Å². The molecule has 4 heteroatoms. The Balaban J connectivity index is 2.79.